The molecule has 13 heteroatoms. The van der Waals surface area contributed by atoms with Crippen LogP contribution in [-0.2, 0) is 34.8 Å². The van der Waals surface area contributed by atoms with E-state index in [0.717, 1.165) is 35.4 Å². The monoisotopic (exact) mass is 512 g/mol. The van der Waals surface area contributed by atoms with Crippen LogP contribution in [0.1, 0.15) is 17.7 Å². The first kappa shape index (κ1) is 26.2. The zero-order valence-corrected chi connectivity index (χ0v) is 19.7. The van der Waals surface area contributed by atoms with Crippen LogP contribution in [-0.4, -0.2) is 58.4 Å². The molecule has 35 heavy (non-hydrogen) atoms. The maximum absolute atomic E-state index is 13.2. The molecule has 0 atom stereocenters. The number of aliphatic carboxylic acids is 1. The van der Waals surface area contributed by atoms with E-state index in [4.69, 9.17) is 14.6 Å². The lowest BCUT2D eigenvalue weighted by molar-refractivity contribution is -0.192. The van der Waals surface area contributed by atoms with Crippen LogP contribution in [0.15, 0.2) is 53.7 Å². The average Bonchev–Trinajstić information content (AvgIpc) is 2.99. The summed E-state index contributed by atoms with van der Waals surface area (Å²) in [6.45, 7) is 0.767. The topological polar surface area (TPSA) is 115 Å². The van der Waals surface area contributed by atoms with Gasteiger partial charge in [-0.25, -0.2) is 13.2 Å². The summed E-state index contributed by atoms with van der Waals surface area (Å²) in [5.74, 6) is -2.13. The van der Waals surface area contributed by atoms with Gasteiger partial charge in [0, 0.05) is 37.1 Å². The third-order valence-corrected chi connectivity index (χ3v) is 7.17. The Morgan fingerprint density at radius 3 is 2.37 bits per heavy atom. The number of hydrogen-bond donors (Lipinski definition) is 1. The first-order chi connectivity index (χ1) is 16.4. The molecule has 1 aromatic carbocycles. The molecule has 2 aromatic heterocycles. The molecule has 0 radical (unpaired) electrons. The van der Waals surface area contributed by atoms with Crippen molar-refractivity contribution in [3.8, 4) is 17.0 Å². The van der Waals surface area contributed by atoms with Crippen molar-refractivity contribution in [3.05, 3.63) is 60.0 Å². The summed E-state index contributed by atoms with van der Waals surface area (Å²) in [7, 11) is -0.180. The first-order valence-electron chi connectivity index (χ1n) is 10.3. The van der Waals surface area contributed by atoms with E-state index >= 15 is 0 Å². The van der Waals surface area contributed by atoms with Gasteiger partial charge in [-0.3, -0.25) is 9.67 Å². The molecule has 0 fully saturated rings. The summed E-state index contributed by atoms with van der Waals surface area (Å²) in [5.41, 5.74) is 3.86. The first-order valence-corrected chi connectivity index (χ1v) is 11.8. The maximum Gasteiger partial charge on any atom is 0.490 e. The largest absolute Gasteiger partial charge is 0.497 e. The molecule has 0 aliphatic carbocycles. The second-order valence-electron chi connectivity index (χ2n) is 7.56. The number of carboxylic acid groups (broad SMARTS) is 1. The number of ether oxygens (including phenoxy) is 1. The van der Waals surface area contributed by atoms with E-state index in [0.29, 0.717) is 18.8 Å². The van der Waals surface area contributed by atoms with Gasteiger partial charge in [0.2, 0.25) is 10.0 Å². The molecule has 3 heterocycles. The van der Waals surface area contributed by atoms with Crippen molar-refractivity contribution < 1.29 is 36.2 Å². The Balaban J connectivity index is 0.000000429. The Hall–Kier alpha value is -3.45. The number of methoxy groups -OCH3 is 1. The zero-order valence-electron chi connectivity index (χ0n) is 18.9. The van der Waals surface area contributed by atoms with Crippen molar-refractivity contribution in [2.24, 2.45) is 7.05 Å². The van der Waals surface area contributed by atoms with Crippen LogP contribution >= 0.6 is 0 Å². The van der Waals surface area contributed by atoms with Crippen LogP contribution in [0.4, 0.5) is 13.2 Å². The Morgan fingerprint density at radius 2 is 1.83 bits per heavy atom. The number of pyridine rings is 1. The molecule has 0 saturated heterocycles. The van der Waals surface area contributed by atoms with Crippen molar-refractivity contribution in [3.63, 3.8) is 0 Å². The number of carbonyl (C=O) groups is 1. The number of benzene rings is 1. The molecular weight excluding hydrogens is 489 g/mol. The van der Waals surface area contributed by atoms with Crippen molar-refractivity contribution in [1.82, 2.24) is 19.1 Å². The van der Waals surface area contributed by atoms with Crippen molar-refractivity contribution in [1.29, 1.82) is 0 Å². The van der Waals surface area contributed by atoms with Crippen molar-refractivity contribution in [2.75, 3.05) is 13.7 Å². The molecule has 0 amide bonds. The van der Waals surface area contributed by atoms with E-state index < -0.39 is 22.2 Å². The van der Waals surface area contributed by atoms with Gasteiger partial charge in [0.1, 0.15) is 5.75 Å². The van der Waals surface area contributed by atoms with E-state index in [9.17, 15) is 21.6 Å². The molecule has 1 aliphatic rings. The fourth-order valence-corrected chi connectivity index (χ4v) is 5.02. The molecule has 1 N–H and O–H groups in total. The Morgan fingerprint density at radius 1 is 1.17 bits per heavy atom. The summed E-state index contributed by atoms with van der Waals surface area (Å²) >= 11 is 0. The van der Waals surface area contributed by atoms with Gasteiger partial charge >= 0.3 is 12.1 Å². The fraction of sp³-hybridized carbons (Fsp3) is 0.318. The second kappa shape index (κ2) is 10.4. The highest BCUT2D eigenvalue weighted by Gasteiger charge is 2.38. The van der Waals surface area contributed by atoms with Crippen LogP contribution in [0.3, 0.4) is 0 Å². The lowest BCUT2D eigenvalue weighted by atomic mass is 10.0. The van der Waals surface area contributed by atoms with Crippen LogP contribution in [0.5, 0.6) is 5.75 Å². The van der Waals surface area contributed by atoms with Crippen LogP contribution in [0.25, 0.3) is 11.3 Å². The van der Waals surface area contributed by atoms with E-state index in [1.54, 1.807) is 48.5 Å². The minimum atomic E-state index is -5.08. The standard InChI is InChI=1S/C20H22N4O3S.C2HF3O2/c1-23-19-14-24(28(25,26)17-9-7-16(27-2)8-10-17)12-4-6-18(19)20(22-23)15-5-3-11-21-13-15;3-2(4,5)1(6)7/h3,5,7-11,13H,4,6,12,14H2,1-2H3;(H,6,7). The Labute approximate surface area is 199 Å². The third-order valence-electron chi connectivity index (χ3n) is 5.31. The molecule has 188 valence electrons. The SMILES string of the molecule is COc1ccc(S(=O)(=O)N2CCCc3c(-c4cccnc4)nn(C)c3C2)cc1.O=C(O)C(F)(F)F. The highest BCUT2D eigenvalue weighted by molar-refractivity contribution is 7.89. The molecule has 4 rings (SSSR count). The normalized spacial score (nSPS) is 14.3. The highest BCUT2D eigenvalue weighted by Crippen LogP contribution is 2.31. The zero-order chi connectivity index (χ0) is 25.8. The smallest absolute Gasteiger partial charge is 0.490 e. The number of rotatable bonds is 4. The highest BCUT2D eigenvalue weighted by atomic mass is 32.2. The van der Waals surface area contributed by atoms with Gasteiger partial charge < -0.3 is 9.84 Å². The van der Waals surface area contributed by atoms with Gasteiger partial charge in [0.25, 0.3) is 0 Å². The third kappa shape index (κ3) is 5.98. The summed E-state index contributed by atoms with van der Waals surface area (Å²) in [4.78, 5) is 13.4. The number of aromatic nitrogens is 3. The molecule has 0 spiro atoms. The summed E-state index contributed by atoms with van der Waals surface area (Å²) in [6, 6.07) is 10.4. The van der Waals surface area contributed by atoms with E-state index in [2.05, 4.69) is 10.1 Å². The summed E-state index contributed by atoms with van der Waals surface area (Å²) in [5, 5.41) is 11.8. The maximum atomic E-state index is 13.2. The molecule has 0 saturated carbocycles. The average molecular weight is 513 g/mol. The Kier molecular flexibility index (Phi) is 7.80. The predicted molar refractivity (Wildman–Crippen MR) is 119 cm³/mol. The number of alkyl halides is 3. The fourth-order valence-electron chi connectivity index (χ4n) is 3.58. The van der Waals surface area contributed by atoms with E-state index in [1.807, 2.05) is 19.2 Å². The quantitative estimate of drug-likeness (QED) is 0.571. The van der Waals surface area contributed by atoms with Gasteiger partial charge in [-0.2, -0.15) is 22.6 Å². The molecule has 3 aromatic rings. The molecule has 9 nitrogen and oxygen atoms in total. The number of aryl methyl sites for hydroxylation is 1. The molecule has 0 unspecified atom stereocenters. The number of nitrogens with zero attached hydrogens (tertiary/aromatic N) is 4. The Bertz CT molecular complexity index is 1280. The van der Waals surface area contributed by atoms with Gasteiger partial charge in [-0.1, -0.05) is 0 Å². The minimum absolute atomic E-state index is 0.270. The summed E-state index contributed by atoms with van der Waals surface area (Å²) in [6.07, 6.45) is -0.0446. The van der Waals surface area contributed by atoms with Crippen molar-refractivity contribution in [2.45, 2.75) is 30.5 Å². The number of fused-ring (bicyclic) bond motifs is 1. The van der Waals surface area contributed by atoms with E-state index in [1.165, 1.54) is 4.31 Å². The van der Waals surface area contributed by atoms with Crippen LogP contribution in [0.2, 0.25) is 0 Å². The number of sulfonamides is 1. The molecule has 1 aliphatic heterocycles. The number of carboxylic acids is 1. The van der Waals surface area contributed by atoms with Crippen LogP contribution < -0.4 is 4.74 Å². The van der Waals surface area contributed by atoms with Gasteiger partial charge in [-0.05, 0) is 49.2 Å². The van der Waals surface area contributed by atoms with Crippen LogP contribution in [0, 0.1) is 0 Å². The van der Waals surface area contributed by atoms with Gasteiger partial charge in [-0.15, -0.1) is 0 Å². The lowest BCUT2D eigenvalue weighted by Gasteiger charge is -2.20. The van der Waals surface area contributed by atoms with Crippen molar-refractivity contribution >= 4 is 16.0 Å². The molecular formula is C22H23F3N4O5S. The second-order valence-corrected chi connectivity index (χ2v) is 9.50. The molecule has 0 bridgehead atoms. The van der Waals surface area contributed by atoms with Gasteiger partial charge in [0.05, 0.1) is 29.9 Å². The van der Waals surface area contributed by atoms with E-state index in [-0.39, 0.29) is 4.90 Å². The lowest BCUT2D eigenvalue weighted by Crippen LogP contribution is -2.31. The minimum Gasteiger partial charge on any atom is -0.497 e. The number of halogens is 3. The predicted octanol–water partition coefficient (Wildman–Crippen LogP) is 3.26. The van der Waals surface area contributed by atoms with Gasteiger partial charge in [0.15, 0.2) is 0 Å². The number of hydrogen-bond acceptors (Lipinski definition) is 6. The summed E-state index contributed by atoms with van der Waals surface area (Å²) < 4.78 is 66.6.